The molecule has 0 aliphatic carbocycles. The van der Waals surface area contributed by atoms with Crippen LogP contribution in [-0.4, -0.2) is 11.1 Å². The van der Waals surface area contributed by atoms with Crippen molar-refractivity contribution in [3.05, 3.63) is 57.8 Å². The van der Waals surface area contributed by atoms with E-state index in [4.69, 9.17) is 15.6 Å². The summed E-state index contributed by atoms with van der Waals surface area (Å²) in [6, 6.07) is 8.83. The minimum atomic E-state index is -1.06. The number of hydrogen-bond donors (Lipinski definition) is 2. The lowest BCUT2D eigenvalue weighted by atomic mass is 10.2. The maximum Gasteiger partial charge on any atom is 0.335 e. The molecule has 0 aliphatic rings. The predicted octanol–water partition coefficient (Wildman–Crippen LogP) is 3.45. The number of aromatic carboxylic acids is 1. The third kappa shape index (κ3) is 3.08. The number of benzene rings is 2. The zero-order valence-electron chi connectivity index (χ0n) is 10.3. The van der Waals surface area contributed by atoms with Gasteiger partial charge in [-0.1, -0.05) is 12.1 Å². The van der Waals surface area contributed by atoms with Crippen LogP contribution in [0.4, 0.5) is 10.1 Å². The van der Waals surface area contributed by atoms with Crippen molar-refractivity contribution in [3.63, 3.8) is 0 Å². The molecule has 0 amide bonds. The summed E-state index contributed by atoms with van der Waals surface area (Å²) >= 11 is 3.14. The summed E-state index contributed by atoms with van der Waals surface area (Å²) in [5.74, 6) is -1.08. The van der Waals surface area contributed by atoms with Crippen molar-refractivity contribution < 1.29 is 19.0 Å². The lowest BCUT2D eigenvalue weighted by molar-refractivity contribution is 0.0697. The van der Waals surface area contributed by atoms with E-state index in [9.17, 15) is 9.18 Å². The van der Waals surface area contributed by atoms with E-state index < -0.39 is 5.97 Å². The first kappa shape index (κ1) is 14.3. The second kappa shape index (κ2) is 5.92. The van der Waals surface area contributed by atoms with Crippen LogP contribution in [0.3, 0.4) is 0 Å². The Kier molecular flexibility index (Phi) is 4.24. The van der Waals surface area contributed by atoms with Gasteiger partial charge in [-0.3, -0.25) is 0 Å². The first-order chi connectivity index (χ1) is 9.49. The Bertz CT molecular complexity index is 661. The molecule has 3 N–H and O–H groups in total. The number of ether oxygens (including phenoxy) is 1. The molecule has 0 saturated carbocycles. The molecule has 0 bridgehead atoms. The molecule has 0 heterocycles. The van der Waals surface area contributed by atoms with Gasteiger partial charge in [0.05, 0.1) is 15.7 Å². The SMILES string of the molecule is Nc1cc(C(=O)O)ccc1OCc1cccc(F)c1Br. The van der Waals surface area contributed by atoms with Gasteiger partial charge in [0.1, 0.15) is 18.2 Å². The molecule has 104 valence electrons. The van der Waals surface area contributed by atoms with Crippen LogP contribution in [0.15, 0.2) is 40.9 Å². The van der Waals surface area contributed by atoms with Crippen molar-refractivity contribution >= 4 is 27.6 Å². The molecule has 0 unspecified atom stereocenters. The molecule has 0 spiro atoms. The molecule has 0 fully saturated rings. The Labute approximate surface area is 123 Å². The van der Waals surface area contributed by atoms with Gasteiger partial charge in [0.15, 0.2) is 0 Å². The van der Waals surface area contributed by atoms with E-state index in [0.29, 0.717) is 15.8 Å². The Morgan fingerprint density at radius 3 is 2.75 bits per heavy atom. The molecule has 2 aromatic rings. The van der Waals surface area contributed by atoms with Crippen LogP contribution in [0.25, 0.3) is 0 Å². The van der Waals surface area contributed by atoms with Crippen molar-refractivity contribution in [2.45, 2.75) is 6.61 Å². The summed E-state index contributed by atoms with van der Waals surface area (Å²) in [6.45, 7) is 0.120. The lowest BCUT2D eigenvalue weighted by Gasteiger charge is -2.11. The number of carbonyl (C=O) groups is 1. The van der Waals surface area contributed by atoms with E-state index in [0.717, 1.165) is 0 Å². The molecule has 2 aromatic carbocycles. The number of hydrogen-bond acceptors (Lipinski definition) is 3. The van der Waals surface area contributed by atoms with Crippen molar-refractivity contribution in [2.24, 2.45) is 0 Å². The molecule has 0 radical (unpaired) electrons. The highest BCUT2D eigenvalue weighted by atomic mass is 79.9. The number of nitrogen functional groups attached to an aromatic ring is 1. The van der Waals surface area contributed by atoms with Gasteiger partial charge in [0.2, 0.25) is 0 Å². The van der Waals surface area contributed by atoms with Gasteiger partial charge in [-0.2, -0.15) is 0 Å². The van der Waals surface area contributed by atoms with E-state index in [1.807, 2.05) is 0 Å². The van der Waals surface area contributed by atoms with Crippen LogP contribution < -0.4 is 10.5 Å². The average Bonchev–Trinajstić information content (AvgIpc) is 2.41. The Morgan fingerprint density at radius 2 is 2.10 bits per heavy atom. The number of anilines is 1. The molecule has 0 aromatic heterocycles. The van der Waals surface area contributed by atoms with Gasteiger partial charge in [0.25, 0.3) is 0 Å². The van der Waals surface area contributed by atoms with Gasteiger partial charge in [-0.05, 0) is 40.2 Å². The van der Waals surface area contributed by atoms with E-state index in [-0.39, 0.29) is 23.7 Å². The molecular weight excluding hydrogens is 329 g/mol. The van der Waals surface area contributed by atoms with Crippen LogP contribution in [0.2, 0.25) is 0 Å². The normalized spacial score (nSPS) is 10.3. The summed E-state index contributed by atoms with van der Waals surface area (Å²) in [5, 5.41) is 8.83. The van der Waals surface area contributed by atoms with Crippen LogP contribution in [-0.2, 0) is 6.61 Å². The molecule has 0 saturated heterocycles. The topological polar surface area (TPSA) is 72.6 Å². The maximum atomic E-state index is 13.3. The van der Waals surface area contributed by atoms with Crippen LogP contribution >= 0.6 is 15.9 Å². The largest absolute Gasteiger partial charge is 0.487 e. The number of halogens is 2. The molecule has 20 heavy (non-hydrogen) atoms. The van der Waals surface area contributed by atoms with E-state index >= 15 is 0 Å². The fraction of sp³-hybridized carbons (Fsp3) is 0.0714. The second-order valence-corrected chi connectivity index (χ2v) is 4.85. The summed E-state index contributed by atoms with van der Waals surface area (Å²) in [5.41, 5.74) is 6.65. The van der Waals surface area contributed by atoms with E-state index in [1.54, 1.807) is 12.1 Å². The van der Waals surface area contributed by atoms with Gasteiger partial charge >= 0.3 is 5.97 Å². The molecule has 4 nitrogen and oxygen atoms in total. The van der Waals surface area contributed by atoms with Gasteiger partial charge < -0.3 is 15.6 Å². The maximum absolute atomic E-state index is 13.3. The number of carboxylic acid groups (broad SMARTS) is 1. The molecule has 0 aliphatic heterocycles. The number of rotatable bonds is 4. The quantitative estimate of drug-likeness (QED) is 0.837. The highest BCUT2D eigenvalue weighted by Crippen LogP contribution is 2.26. The highest BCUT2D eigenvalue weighted by Gasteiger charge is 2.09. The van der Waals surface area contributed by atoms with Crippen LogP contribution in [0, 0.1) is 5.82 Å². The van der Waals surface area contributed by atoms with Crippen LogP contribution in [0.5, 0.6) is 5.75 Å². The monoisotopic (exact) mass is 339 g/mol. The fourth-order valence-corrected chi connectivity index (χ4v) is 2.01. The molecule has 0 atom stereocenters. The standard InChI is InChI=1S/C14H11BrFNO3/c15-13-9(2-1-3-10(13)16)7-20-12-5-4-8(14(18)19)6-11(12)17/h1-6H,7,17H2,(H,18,19). The zero-order valence-corrected chi connectivity index (χ0v) is 11.9. The van der Waals surface area contributed by atoms with E-state index in [2.05, 4.69) is 15.9 Å². The van der Waals surface area contributed by atoms with Crippen LogP contribution in [0.1, 0.15) is 15.9 Å². The number of carboxylic acids is 1. The summed E-state index contributed by atoms with van der Waals surface area (Å²) < 4.78 is 19.1. The Morgan fingerprint density at radius 1 is 1.35 bits per heavy atom. The lowest BCUT2D eigenvalue weighted by Crippen LogP contribution is -2.03. The van der Waals surface area contributed by atoms with Crippen molar-refractivity contribution in [1.82, 2.24) is 0 Å². The van der Waals surface area contributed by atoms with Gasteiger partial charge in [-0.25, -0.2) is 9.18 Å². The molecular formula is C14H11BrFNO3. The van der Waals surface area contributed by atoms with Gasteiger partial charge in [0, 0.05) is 5.56 Å². The van der Waals surface area contributed by atoms with E-state index in [1.165, 1.54) is 24.3 Å². The first-order valence-corrected chi connectivity index (χ1v) is 6.47. The van der Waals surface area contributed by atoms with Gasteiger partial charge in [-0.15, -0.1) is 0 Å². The first-order valence-electron chi connectivity index (χ1n) is 5.67. The second-order valence-electron chi connectivity index (χ2n) is 4.06. The fourth-order valence-electron chi connectivity index (χ4n) is 1.63. The Hall–Kier alpha value is -2.08. The minimum Gasteiger partial charge on any atom is -0.487 e. The molecule has 6 heteroatoms. The minimum absolute atomic E-state index is 0.0850. The van der Waals surface area contributed by atoms with Crippen molar-refractivity contribution in [1.29, 1.82) is 0 Å². The highest BCUT2D eigenvalue weighted by molar-refractivity contribution is 9.10. The molecule has 2 rings (SSSR count). The number of nitrogens with two attached hydrogens (primary N) is 1. The average molecular weight is 340 g/mol. The zero-order chi connectivity index (χ0) is 14.7. The summed E-state index contributed by atoms with van der Waals surface area (Å²) in [4.78, 5) is 10.8. The van der Waals surface area contributed by atoms with Crippen molar-refractivity contribution in [2.75, 3.05) is 5.73 Å². The third-order valence-electron chi connectivity index (χ3n) is 2.67. The smallest absolute Gasteiger partial charge is 0.335 e. The van der Waals surface area contributed by atoms with Crippen molar-refractivity contribution in [3.8, 4) is 5.75 Å². The Balaban J connectivity index is 2.15. The summed E-state index contributed by atoms with van der Waals surface area (Å²) in [7, 11) is 0. The predicted molar refractivity (Wildman–Crippen MR) is 76.2 cm³/mol. The third-order valence-corrected chi connectivity index (χ3v) is 3.56. The summed E-state index contributed by atoms with van der Waals surface area (Å²) in [6.07, 6.45) is 0.